The van der Waals surface area contributed by atoms with Crippen molar-refractivity contribution in [3.63, 3.8) is 0 Å². The van der Waals surface area contributed by atoms with Crippen molar-refractivity contribution < 1.29 is 27.4 Å². The summed E-state index contributed by atoms with van der Waals surface area (Å²) in [5, 5.41) is 21.2. The van der Waals surface area contributed by atoms with Crippen LogP contribution in [0, 0.1) is 5.82 Å². The maximum Gasteiger partial charge on any atom is 0.287 e. The van der Waals surface area contributed by atoms with E-state index >= 15 is 0 Å². The van der Waals surface area contributed by atoms with Crippen molar-refractivity contribution in [2.24, 2.45) is 10.1 Å². The molecule has 0 aliphatic carbocycles. The van der Waals surface area contributed by atoms with Crippen LogP contribution < -0.4 is 20.1 Å². The van der Waals surface area contributed by atoms with Gasteiger partial charge in [0.2, 0.25) is 5.69 Å². The van der Waals surface area contributed by atoms with Gasteiger partial charge in [0.05, 0.1) is 16.2 Å². The quantitative estimate of drug-likeness (QED) is 0.269. The van der Waals surface area contributed by atoms with E-state index in [1.54, 1.807) is 0 Å². The minimum absolute atomic E-state index is 0.0873. The molecule has 0 amide bonds. The number of benzene rings is 1. The average Bonchev–Trinajstić information content (AvgIpc) is 3.00. The fraction of sp³-hybridized carbons (Fsp3) is 0.250. The first-order chi connectivity index (χ1) is 12.2. The van der Waals surface area contributed by atoms with Crippen molar-refractivity contribution >= 4 is 37.7 Å². The number of amidine groups is 1. The molecule has 0 bridgehead atoms. The van der Waals surface area contributed by atoms with Gasteiger partial charge in [-0.3, -0.25) is 10.7 Å². The van der Waals surface area contributed by atoms with Crippen LogP contribution in [-0.2, 0) is 10.2 Å². The average molecular weight is 453 g/mol. The van der Waals surface area contributed by atoms with Gasteiger partial charge < -0.3 is 4.74 Å². The molecule has 0 aliphatic heterocycles. The third kappa shape index (κ3) is 5.70. The summed E-state index contributed by atoms with van der Waals surface area (Å²) < 4.78 is 47.3. The van der Waals surface area contributed by atoms with Gasteiger partial charge in [-0.1, -0.05) is 0 Å². The molecule has 5 N–H and O–H groups in total. The van der Waals surface area contributed by atoms with Gasteiger partial charge in [0.1, 0.15) is 12.4 Å². The van der Waals surface area contributed by atoms with E-state index in [9.17, 15) is 18.0 Å². The largest absolute Gasteiger partial charge is 0.472 e. The highest BCUT2D eigenvalue weighted by Gasteiger charge is 2.20. The molecule has 1 unspecified atom stereocenters. The number of nitrogens with two attached hydrogens (primary N) is 1. The minimum Gasteiger partial charge on any atom is -0.472 e. The molecular weight excluding hydrogens is 439 g/mol. The number of aliphatic imine (C=N–C) groups is 1. The first-order valence-electron chi connectivity index (χ1n) is 6.89. The van der Waals surface area contributed by atoms with Crippen LogP contribution in [0.4, 0.5) is 10.1 Å². The zero-order chi connectivity index (χ0) is 19.3. The highest BCUT2D eigenvalue weighted by atomic mass is 79.9. The van der Waals surface area contributed by atoms with Crippen LogP contribution in [0.3, 0.4) is 0 Å². The van der Waals surface area contributed by atoms with E-state index in [1.165, 1.54) is 25.1 Å². The molecule has 0 fully saturated rings. The molecular formula is C12H14BrFN6O5S. The van der Waals surface area contributed by atoms with Gasteiger partial charge in [0.25, 0.3) is 16.1 Å². The monoisotopic (exact) mass is 452 g/mol. The molecule has 14 heteroatoms. The Morgan fingerprint density at radius 2 is 2.27 bits per heavy atom. The number of aromatic nitrogens is 2. The van der Waals surface area contributed by atoms with Gasteiger partial charge in [0, 0.05) is 0 Å². The first-order valence-corrected chi connectivity index (χ1v) is 9.23. The Bertz CT molecular complexity index is 905. The maximum atomic E-state index is 13.3. The Labute approximate surface area is 155 Å². The molecule has 0 radical (unpaired) electrons. The number of hydrogen-bond donors (Lipinski definition) is 4. The number of ether oxygens (including phenoxy) is 1. The lowest BCUT2D eigenvalue weighted by Crippen LogP contribution is -2.40. The second-order valence-electron chi connectivity index (χ2n) is 4.96. The summed E-state index contributed by atoms with van der Waals surface area (Å²) in [5.74, 6) is -0.827. The van der Waals surface area contributed by atoms with E-state index in [2.05, 4.69) is 40.6 Å². The fourth-order valence-electron chi connectivity index (χ4n) is 1.75. The van der Waals surface area contributed by atoms with Crippen LogP contribution in [0.5, 0.6) is 5.88 Å². The van der Waals surface area contributed by atoms with Gasteiger partial charge in [0.15, 0.2) is 5.84 Å². The van der Waals surface area contributed by atoms with Gasteiger partial charge in [-0.05, 0) is 51.4 Å². The minimum atomic E-state index is -3.89. The van der Waals surface area contributed by atoms with Gasteiger partial charge in [-0.15, -0.1) is 0 Å². The molecule has 0 saturated carbocycles. The van der Waals surface area contributed by atoms with E-state index in [1.807, 2.05) is 5.48 Å². The van der Waals surface area contributed by atoms with E-state index in [0.29, 0.717) is 0 Å². The molecule has 26 heavy (non-hydrogen) atoms. The Kier molecular flexibility index (Phi) is 6.60. The smallest absolute Gasteiger partial charge is 0.287 e. The number of rotatable bonds is 7. The maximum absolute atomic E-state index is 13.3. The van der Waals surface area contributed by atoms with E-state index in [0.717, 1.165) is 0 Å². The molecule has 1 atom stereocenters. The number of nitrogens with zero attached hydrogens (tertiary/aromatic N) is 3. The first kappa shape index (κ1) is 20.2. The topological polar surface area (TPSA) is 165 Å². The Hall–Kier alpha value is -2.13. The van der Waals surface area contributed by atoms with Gasteiger partial charge >= 0.3 is 0 Å². The number of hydrogen-bond acceptors (Lipinski definition) is 8. The van der Waals surface area contributed by atoms with Crippen LogP contribution in [0.2, 0.25) is 0 Å². The summed E-state index contributed by atoms with van der Waals surface area (Å²) >= 11 is 3.02. The Morgan fingerprint density at radius 3 is 2.88 bits per heavy atom. The highest BCUT2D eigenvalue weighted by molar-refractivity contribution is 9.10. The van der Waals surface area contributed by atoms with Crippen LogP contribution in [0.25, 0.3) is 0 Å². The Balaban J connectivity index is 2.18. The third-order valence-electron chi connectivity index (χ3n) is 2.77. The van der Waals surface area contributed by atoms with E-state index < -0.39 is 22.1 Å². The molecule has 1 aromatic heterocycles. The van der Waals surface area contributed by atoms with Crippen molar-refractivity contribution in [1.82, 2.24) is 20.5 Å². The molecule has 0 aliphatic rings. The molecule has 0 spiro atoms. The molecule has 142 valence electrons. The lowest BCUT2D eigenvalue weighted by molar-refractivity contribution is 0.233. The van der Waals surface area contributed by atoms with E-state index in [-0.39, 0.29) is 34.2 Å². The normalized spacial score (nSPS) is 13.5. The molecule has 1 heterocycles. The molecule has 2 aromatic rings. The van der Waals surface area contributed by atoms with E-state index in [4.69, 9.17) is 9.88 Å². The van der Waals surface area contributed by atoms with Gasteiger partial charge in [-0.25, -0.2) is 19.2 Å². The summed E-state index contributed by atoms with van der Waals surface area (Å²) in [5.41, 5.74) is 2.02. The number of halogens is 2. The van der Waals surface area contributed by atoms with Crippen LogP contribution in [0.1, 0.15) is 12.6 Å². The summed E-state index contributed by atoms with van der Waals surface area (Å²) in [4.78, 5) is 4.05. The standard InChI is InChI=1S/C12H14BrFN6O5S/c1-6(20-26(15,22)23)5-24-12-10(18-25-19-12)11(17-21)16-7-2-3-9(14)8(13)4-7/h2-4,6,20-21H,5H2,1H3,(H,16,17)(H2,15,22,23). The predicted molar refractivity (Wildman–Crippen MR) is 90.7 cm³/mol. The zero-order valence-corrected chi connectivity index (χ0v) is 15.6. The summed E-state index contributed by atoms with van der Waals surface area (Å²) in [6.07, 6.45) is 0. The highest BCUT2D eigenvalue weighted by Crippen LogP contribution is 2.23. The third-order valence-corrected chi connectivity index (χ3v) is 4.11. The second-order valence-corrected chi connectivity index (χ2v) is 7.14. The van der Waals surface area contributed by atoms with Crippen LogP contribution >= 0.6 is 15.9 Å². The van der Waals surface area contributed by atoms with Crippen molar-refractivity contribution in [3.05, 3.63) is 34.2 Å². The fourth-order valence-corrected chi connectivity index (χ4v) is 2.75. The number of hydroxylamine groups is 1. The SMILES string of the molecule is CC(COc1nonc1C(=Nc1ccc(F)c(Br)c1)NO)NS(N)(=O)=O. The zero-order valence-electron chi connectivity index (χ0n) is 13.2. The van der Waals surface area contributed by atoms with Crippen LogP contribution in [0.15, 0.2) is 32.3 Å². The molecule has 11 nitrogen and oxygen atoms in total. The molecule has 2 rings (SSSR count). The summed E-state index contributed by atoms with van der Waals surface area (Å²) in [7, 11) is -3.89. The van der Waals surface area contributed by atoms with Gasteiger partial charge in [-0.2, -0.15) is 13.1 Å². The van der Waals surface area contributed by atoms with Crippen molar-refractivity contribution in [3.8, 4) is 5.88 Å². The second kappa shape index (κ2) is 8.50. The van der Waals surface area contributed by atoms with Crippen LogP contribution in [-0.4, -0.2) is 42.4 Å². The molecule has 0 saturated heterocycles. The van der Waals surface area contributed by atoms with Crippen molar-refractivity contribution in [2.45, 2.75) is 13.0 Å². The number of nitrogens with one attached hydrogen (secondary N) is 2. The summed E-state index contributed by atoms with van der Waals surface area (Å²) in [6.45, 7) is 1.35. The Morgan fingerprint density at radius 1 is 1.54 bits per heavy atom. The molecule has 1 aromatic carbocycles. The predicted octanol–water partition coefficient (Wildman–Crippen LogP) is 0.589. The lowest BCUT2D eigenvalue weighted by atomic mass is 10.3. The lowest BCUT2D eigenvalue weighted by Gasteiger charge is -2.12. The summed E-state index contributed by atoms with van der Waals surface area (Å²) in [6, 6.07) is 3.24. The van der Waals surface area contributed by atoms with Crippen molar-refractivity contribution in [1.29, 1.82) is 0 Å². The van der Waals surface area contributed by atoms with Crippen molar-refractivity contribution in [2.75, 3.05) is 6.61 Å².